The summed E-state index contributed by atoms with van der Waals surface area (Å²) in [5.74, 6) is -1.80. The van der Waals surface area contributed by atoms with Gasteiger partial charge in [0.05, 0.1) is 0 Å². The highest BCUT2D eigenvalue weighted by atomic mass is 79.9. The summed E-state index contributed by atoms with van der Waals surface area (Å²) in [6, 6.07) is 5.29. The number of nitrogens with one attached hydrogen (secondary N) is 1. The predicted octanol–water partition coefficient (Wildman–Crippen LogP) is 1.18. The fourth-order valence-electron chi connectivity index (χ4n) is 0.951. The summed E-state index contributed by atoms with van der Waals surface area (Å²) in [5, 5.41) is 2.40. The Kier molecular flexibility index (Phi) is 3.24. The lowest BCUT2D eigenvalue weighted by Gasteiger charge is -2.06. The topological polar surface area (TPSA) is 72.2 Å². The van der Waals surface area contributed by atoms with E-state index in [4.69, 9.17) is 5.73 Å². The molecule has 14 heavy (non-hydrogen) atoms. The molecule has 0 heterocycles. The number of hydrogen-bond donors (Lipinski definition) is 2. The minimum atomic E-state index is -0.993. The van der Waals surface area contributed by atoms with Gasteiger partial charge in [0.1, 0.15) is 0 Å². The van der Waals surface area contributed by atoms with Crippen LogP contribution in [0.4, 0.5) is 5.69 Å². The second-order valence-corrected chi connectivity index (χ2v) is 3.69. The summed E-state index contributed by atoms with van der Waals surface area (Å²) >= 11 is 3.29. The van der Waals surface area contributed by atoms with Crippen LogP contribution >= 0.6 is 15.9 Å². The average molecular weight is 257 g/mol. The molecule has 1 rings (SSSR count). The summed E-state index contributed by atoms with van der Waals surface area (Å²) in [6.45, 7) is 1.82. The third-order valence-electron chi connectivity index (χ3n) is 1.66. The van der Waals surface area contributed by atoms with Crippen molar-refractivity contribution in [3.8, 4) is 0 Å². The third kappa shape index (κ3) is 2.56. The molecule has 0 aliphatic rings. The van der Waals surface area contributed by atoms with Gasteiger partial charge in [-0.25, -0.2) is 0 Å². The molecule has 0 aliphatic carbocycles. The number of halogens is 1. The Balaban J connectivity index is 2.87. The number of carbonyl (C=O) groups is 2. The van der Waals surface area contributed by atoms with E-state index < -0.39 is 11.8 Å². The van der Waals surface area contributed by atoms with E-state index in [9.17, 15) is 9.59 Å². The average Bonchev–Trinajstić information content (AvgIpc) is 2.09. The molecule has 0 unspecified atom stereocenters. The van der Waals surface area contributed by atoms with Crippen molar-refractivity contribution in [2.24, 2.45) is 5.73 Å². The fraction of sp³-hybridized carbons (Fsp3) is 0.111. The lowest BCUT2D eigenvalue weighted by molar-refractivity contribution is -0.134. The normalized spacial score (nSPS) is 9.57. The largest absolute Gasteiger partial charge is 0.361 e. The van der Waals surface area contributed by atoms with Crippen LogP contribution in [-0.4, -0.2) is 11.8 Å². The lowest BCUT2D eigenvalue weighted by Crippen LogP contribution is -2.29. The minimum Gasteiger partial charge on any atom is -0.361 e. The molecule has 5 heteroatoms. The summed E-state index contributed by atoms with van der Waals surface area (Å²) in [5.41, 5.74) is 6.24. The van der Waals surface area contributed by atoms with E-state index in [0.717, 1.165) is 10.0 Å². The Bertz CT molecular complexity index is 390. The van der Waals surface area contributed by atoms with Crippen molar-refractivity contribution in [3.05, 3.63) is 28.2 Å². The molecule has 74 valence electrons. The maximum atomic E-state index is 11.0. The number of amides is 2. The zero-order valence-corrected chi connectivity index (χ0v) is 9.09. The van der Waals surface area contributed by atoms with Crippen LogP contribution in [0.2, 0.25) is 0 Å². The molecule has 0 spiro atoms. The Labute approximate surface area is 89.6 Å². The van der Waals surface area contributed by atoms with Crippen LogP contribution in [0, 0.1) is 6.92 Å². The second-order valence-electron chi connectivity index (χ2n) is 2.78. The standard InChI is InChI=1S/C9H9BrN2O2/c1-5-4-6(10)2-3-7(5)12-9(14)8(11)13/h2-4H,1H3,(H2,11,13)(H,12,14). The van der Waals surface area contributed by atoms with Crippen molar-refractivity contribution in [1.29, 1.82) is 0 Å². The van der Waals surface area contributed by atoms with Crippen LogP contribution in [-0.2, 0) is 9.59 Å². The van der Waals surface area contributed by atoms with Crippen LogP contribution < -0.4 is 11.1 Å². The van der Waals surface area contributed by atoms with Gasteiger partial charge in [0.25, 0.3) is 0 Å². The molecule has 0 aliphatic heterocycles. The van der Waals surface area contributed by atoms with Crippen LogP contribution in [0.3, 0.4) is 0 Å². The highest BCUT2D eigenvalue weighted by molar-refractivity contribution is 9.10. The molecule has 1 aromatic carbocycles. The van der Waals surface area contributed by atoms with Crippen molar-refractivity contribution in [2.45, 2.75) is 6.92 Å². The van der Waals surface area contributed by atoms with Gasteiger partial charge in [-0.15, -0.1) is 0 Å². The van der Waals surface area contributed by atoms with E-state index in [0.29, 0.717) is 5.69 Å². The Hall–Kier alpha value is -1.36. The smallest absolute Gasteiger partial charge is 0.313 e. The van der Waals surface area contributed by atoms with Crippen molar-refractivity contribution in [3.63, 3.8) is 0 Å². The van der Waals surface area contributed by atoms with Gasteiger partial charge < -0.3 is 11.1 Å². The van der Waals surface area contributed by atoms with Crippen molar-refractivity contribution in [1.82, 2.24) is 0 Å². The predicted molar refractivity (Wildman–Crippen MR) is 56.7 cm³/mol. The highest BCUT2D eigenvalue weighted by Gasteiger charge is 2.09. The van der Waals surface area contributed by atoms with Crippen molar-refractivity contribution in [2.75, 3.05) is 5.32 Å². The third-order valence-corrected chi connectivity index (χ3v) is 2.15. The van der Waals surface area contributed by atoms with Gasteiger partial charge in [0.2, 0.25) is 0 Å². The molecule has 0 saturated heterocycles. The number of benzene rings is 1. The second kappa shape index (κ2) is 4.23. The van der Waals surface area contributed by atoms with Gasteiger partial charge in [-0.05, 0) is 30.7 Å². The monoisotopic (exact) mass is 256 g/mol. The van der Waals surface area contributed by atoms with Gasteiger partial charge >= 0.3 is 11.8 Å². The first-order valence-corrected chi connectivity index (χ1v) is 4.67. The van der Waals surface area contributed by atoms with Gasteiger partial charge in [0.15, 0.2) is 0 Å². The number of aryl methyl sites for hydroxylation is 1. The van der Waals surface area contributed by atoms with E-state index in [1.807, 2.05) is 13.0 Å². The zero-order chi connectivity index (χ0) is 10.7. The van der Waals surface area contributed by atoms with Crippen molar-refractivity contribution >= 4 is 33.4 Å². The number of carbonyl (C=O) groups excluding carboxylic acids is 2. The van der Waals surface area contributed by atoms with E-state index >= 15 is 0 Å². The molecule has 0 saturated carbocycles. The first kappa shape index (κ1) is 10.7. The molecule has 0 aromatic heterocycles. The Morgan fingerprint density at radius 2 is 2.07 bits per heavy atom. The molecular formula is C9H9BrN2O2. The lowest BCUT2D eigenvalue weighted by atomic mass is 10.2. The highest BCUT2D eigenvalue weighted by Crippen LogP contribution is 2.19. The van der Waals surface area contributed by atoms with Crippen molar-refractivity contribution < 1.29 is 9.59 Å². The van der Waals surface area contributed by atoms with Gasteiger partial charge in [-0.2, -0.15) is 0 Å². The molecule has 0 fully saturated rings. The van der Waals surface area contributed by atoms with Crippen LogP contribution in [0.15, 0.2) is 22.7 Å². The number of rotatable bonds is 1. The van der Waals surface area contributed by atoms with Crippen LogP contribution in [0.25, 0.3) is 0 Å². The SMILES string of the molecule is Cc1cc(Br)ccc1NC(=O)C(N)=O. The van der Waals surface area contributed by atoms with Gasteiger partial charge in [0, 0.05) is 10.2 Å². The molecule has 0 atom stereocenters. The van der Waals surface area contributed by atoms with E-state index in [-0.39, 0.29) is 0 Å². The molecule has 3 N–H and O–H groups in total. The molecule has 1 aromatic rings. The van der Waals surface area contributed by atoms with Crippen LogP contribution in [0.1, 0.15) is 5.56 Å². The number of nitrogens with two attached hydrogens (primary N) is 1. The van der Waals surface area contributed by atoms with Gasteiger partial charge in [-0.3, -0.25) is 9.59 Å². The zero-order valence-electron chi connectivity index (χ0n) is 7.50. The van der Waals surface area contributed by atoms with Crippen LogP contribution in [0.5, 0.6) is 0 Å². The fourth-order valence-corrected chi connectivity index (χ4v) is 1.43. The summed E-state index contributed by atoms with van der Waals surface area (Å²) in [7, 11) is 0. The molecule has 0 radical (unpaired) electrons. The summed E-state index contributed by atoms with van der Waals surface area (Å²) < 4.78 is 0.909. The molecule has 2 amide bonds. The maximum Gasteiger partial charge on any atom is 0.313 e. The van der Waals surface area contributed by atoms with E-state index in [2.05, 4.69) is 21.2 Å². The number of primary amides is 1. The minimum absolute atomic E-state index is 0.581. The Morgan fingerprint density at radius 1 is 1.43 bits per heavy atom. The first-order chi connectivity index (χ1) is 6.50. The van der Waals surface area contributed by atoms with E-state index in [1.54, 1.807) is 12.1 Å². The molecular weight excluding hydrogens is 248 g/mol. The quantitative estimate of drug-likeness (QED) is 0.741. The molecule has 0 bridgehead atoms. The summed E-state index contributed by atoms with van der Waals surface area (Å²) in [4.78, 5) is 21.4. The maximum absolute atomic E-state index is 11.0. The summed E-state index contributed by atoms with van der Waals surface area (Å²) in [6.07, 6.45) is 0. The van der Waals surface area contributed by atoms with Gasteiger partial charge in [-0.1, -0.05) is 15.9 Å². The number of anilines is 1. The molecule has 4 nitrogen and oxygen atoms in total. The first-order valence-electron chi connectivity index (χ1n) is 3.87. The number of hydrogen-bond acceptors (Lipinski definition) is 2. The Morgan fingerprint density at radius 3 is 2.57 bits per heavy atom. The van der Waals surface area contributed by atoms with E-state index in [1.165, 1.54) is 0 Å².